The minimum atomic E-state index is -0.210. The highest BCUT2D eigenvalue weighted by Gasteiger charge is 2.48. The SMILES string of the molecule is C=CCc1cccc(C2(c3ccccc3)CO2)c1. The van der Waals surface area contributed by atoms with Crippen LogP contribution in [0.15, 0.2) is 67.3 Å². The predicted molar refractivity (Wildman–Crippen MR) is 73.5 cm³/mol. The van der Waals surface area contributed by atoms with Crippen molar-refractivity contribution in [2.45, 2.75) is 12.0 Å². The smallest absolute Gasteiger partial charge is 0.142 e. The van der Waals surface area contributed by atoms with E-state index in [4.69, 9.17) is 4.74 Å². The molecule has 0 aliphatic carbocycles. The molecule has 1 unspecified atom stereocenters. The van der Waals surface area contributed by atoms with Crippen molar-refractivity contribution in [3.63, 3.8) is 0 Å². The van der Waals surface area contributed by atoms with Crippen molar-refractivity contribution in [2.75, 3.05) is 6.61 Å². The molecule has 90 valence electrons. The first-order valence-corrected chi connectivity index (χ1v) is 6.25. The zero-order valence-corrected chi connectivity index (χ0v) is 10.3. The lowest BCUT2D eigenvalue weighted by atomic mass is 9.90. The molecule has 1 saturated heterocycles. The van der Waals surface area contributed by atoms with Crippen LogP contribution >= 0.6 is 0 Å². The average Bonchev–Trinajstić information content (AvgIpc) is 3.22. The molecule has 0 radical (unpaired) electrons. The van der Waals surface area contributed by atoms with Crippen LogP contribution in [0.5, 0.6) is 0 Å². The van der Waals surface area contributed by atoms with Crippen LogP contribution in [0.2, 0.25) is 0 Å². The number of epoxide rings is 1. The van der Waals surface area contributed by atoms with Gasteiger partial charge in [-0.25, -0.2) is 0 Å². The molecule has 1 aliphatic heterocycles. The van der Waals surface area contributed by atoms with Crippen LogP contribution in [-0.4, -0.2) is 6.61 Å². The maximum atomic E-state index is 5.78. The quantitative estimate of drug-likeness (QED) is 0.582. The Morgan fingerprint density at radius 2 is 1.78 bits per heavy atom. The van der Waals surface area contributed by atoms with Crippen molar-refractivity contribution in [2.24, 2.45) is 0 Å². The Bertz CT molecular complexity index is 553. The monoisotopic (exact) mass is 236 g/mol. The van der Waals surface area contributed by atoms with Gasteiger partial charge in [0, 0.05) is 0 Å². The van der Waals surface area contributed by atoms with Crippen LogP contribution in [0.4, 0.5) is 0 Å². The minimum absolute atomic E-state index is 0.210. The molecule has 0 bridgehead atoms. The first-order chi connectivity index (χ1) is 8.85. The molecule has 1 atom stereocenters. The number of allylic oxidation sites excluding steroid dienone is 1. The van der Waals surface area contributed by atoms with Crippen LogP contribution in [-0.2, 0) is 16.8 Å². The molecule has 1 nitrogen and oxygen atoms in total. The van der Waals surface area contributed by atoms with Crippen LogP contribution in [0.25, 0.3) is 0 Å². The second kappa shape index (κ2) is 4.43. The summed E-state index contributed by atoms with van der Waals surface area (Å²) in [5.74, 6) is 0. The van der Waals surface area contributed by atoms with Gasteiger partial charge >= 0.3 is 0 Å². The van der Waals surface area contributed by atoms with Gasteiger partial charge in [0.2, 0.25) is 0 Å². The number of hydrogen-bond acceptors (Lipinski definition) is 1. The highest BCUT2D eigenvalue weighted by Crippen LogP contribution is 2.45. The Hall–Kier alpha value is -1.86. The van der Waals surface area contributed by atoms with E-state index in [-0.39, 0.29) is 5.60 Å². The Morgan fingerprint density at radius 1 is 1.06 bits per heavy atom. The fraction of sp³-hybridized carbons (Fsp3) is 0.176. The minimum Gasteiger partial charge on any atom is -0.359 e. The maximum Gasteiger partial charge on any atom is 0.142 e. The summed E-state index contributed by atoms with van der Waals surface area (Å²) in [5.41, 5.74) is 3.56. The molecule has 0 saturated carbocycles. The molecule has 1 fully saturated rings. The summed E-state index contributed by atoms with van der Waals surface area (Å²) in [6.45, 7) is 4.56. The summed E-state index contributed by atoms with van der Waals surface area (Å²) in [5, 5.41) is 0. The van der Waals surface area contributed by atoms with E-state index in [1.165, 1.54) is 16.7 Å². The highest BCUT2D eigenvalue weighted by molar-refractivity contribution is 5.42. The van der Waals surface area contributed by atoms with E-state index in [0.29, 0.717) is 0 Å². The van der Waals surface area contributed by atoms with Crippen molar-refractivity contribution in [1.29, 1.82) is 0 Å². The molecule has 2 aromatic carbocycles. The fourth-order valence-corrected chi connectivity index (χ4v) is 2.40. The molecular formula is C17H16O. The van der Waals surface area contributed by atoms with Crippen molar-refractivity contribution >= 4 is 0 Å². The Morgan fingerprint density at radius 3 is 2.44 bits per heavy atom. The standard InChI is InChI=1S/C17H16O/c1-2-7-14-8-6-11-16(12-14)17(13-18-17)15-9-4-3-5-10-15/h2-6,8-12H,1,7,13H2. The van der Waals surface area contributed by atoms with Gasteiger partial charge in [-0.1, -0.05) is 60.7 Å². The second-order valence-electron chi connectivity index (χ2n) is 4.67. The average molecular weight is 236 g/mol. The van der Waals surface area contributed by atoms with Gasteiger partial charge in [-0.15, -0.1) is 6.58 Å². The Labute approximate surface area is 108 Å². The molecule has 1 aliphatic rings. The van der Waals surface area contributed by atoms with Gasteiger partial charge in [0.25, 0.3) is 0 Å². The van der Waals surface area contributed by atoms with Gasteiger partial charge < -0.3 is 4.74 Å². The largest absolute Gasteiger partial charge is 0.359 e. The lowest BCUT2D eigenvalue weighted by Crippen LogP contribution is -2.10. The fourth-order valence-electron chi connectivity index (χ4n) is 2.40. The van der Waals surface area contributed by atoms with E-state index in [1.54, 1.807) is 0 Å². The molecule has 0 spiro atoms. The first kappa shape index (κ1) is 11.2. The lowest BCUT2D eigenvalue weighted by molar-refractivity contribution is 0.349. The molecule has 0 aromatic heterocycles. The first-order valence-electron chi connectivity index (χ1n) is 6.25. The van der Waals surface area contributed by atoms with Crippen LogP contribution in [0.3, 0.4) is 0 Å². The Kier molecular flexibility index (Phi) is 2.77. The third-order valence-electron chi connectivity index (χ3n) is 3.45. The highest BCUT2D eigenvalue weighted by atomic mass is 16.6. The van der Waals surface area contributed by atoms with E-state index >= 15 is 0 Å². The summed E-state index contributed by atoms with van der Waals surface area (Å²) >= 11 is 0. The molecule has 0 N–H and O–H groups in total. The maximum absolute atomic E-state index is 5.78. The predicted octanol–water partition coefficient (Wildman–Crippen LogP) is 3.69. The van der Waals surface area contributed by atoms with Crippen LogP contribution < -0.4 is 0 Å². The summed E-state index contributed by atoms with van der Waals surface area (Å²) in [6, 6.07) is 19.0. The van der Waals surface area contributed by atoms with Crippen LogP contribution in [0, 0.1) is 0 Å². The van der Waals surface area contributed by atoms with Gasteiger partial charge in [0.1, 0.15) is 5.60 Å². The zero-order chi connectivity index (χ0) is 12.4. The molecular weight excluding hydrogens is 220 g/mol. The summed E-state index contributed by atoms with van der Waals surface area (Å²) in [4.78, 5) is 0. The summed E-state index contributed by atoms with van der Waals surface area (Å²) in [7, 11) is 0. The number of ether oxygens (including phenoxy) is 1. The third-order valence-corrected chi connectivity index (χ3v) is 3.45. The number of hydrogen-bond donors (Lipinski definition) is 0. The summed E-state index contributed by atoms with van der Waals surface area (Å²) in [6.07, 6.45) is 2.83. The molecule has 2 aromatic rings. The van der Waals surface area contributed by atoms with Crippen molar-refractivity contribution in [3.05, 3.63) is 83.9 Å². The van der Waals surface area contributed by atoms with E-state index in [0.717, 1.165) is 13.0 Å². The van der Waals surface area contributed by atoms with E-state index in [9.17, 15) is 0 Å². The normalized spacial score (nSPS) is 21.6. The second-order valence-corrected chi connectivity index (χ2v) is 4.67. The lowest BCUT2D eigenvalue weighted by Gasteiger charge is -2.13. The van der Waals surface area contributed by atoms with Gasteiger partial charge in [-0.05, 0) is 23.1 Å². The van der Waals surface area contributed by atoms with Crippen molar-refractivity contribution < 1.29 is 4.74 Å². The number of benzene rings is 2. The van der Waals surface area contributed by atoms with Gasteiger partial charge in [-0.2, -0.15) is 0 Å². The van der Waals surface area contributed by atoms with Crippen LogP contribution in [0.1, 0.15) is 16.7 Å². The van der Waals surface area contributed by atoms with E-state index < -0.39 is 0 Å². The molecule has 18 heavy (non-hydrogen) atoms. The van der Waals surface area contributed by atoms with E-state index in [2.05, 4.69) is 55.1 Å². The molecule has 3 rings (SSSR count). The Balaban J connectivity index is 1.99. The summed E-state index contributed by atoms with van der Waals surface area (Å²) < 4.78 is 5.78. The molecule has 0 amide bonds. The van der Waals surface area contributed by atoms with E-state index in [1.807, 2.05) is 12.1 Å². The zero-order valence-electron chi connectivity index (χ0n) is 10.3. The van der Waals surface area contributed by atoms with Crippen molar-refractivity contribution in [1.82, 2.24) is 0 Å². The topological polar surface area (TPSA) is 12.5 Å². The van der Waals surface area contributed by atoms with Gasteiger partial charge in [0.15, 0.2) is 0 Å². The molecule has 1 heterocycles. The van der Waals surface area contributed by atoms with Gasteiger partial charge in [-0.3, -0.25) is 0 Å². The van der Waals surface area contributed by atoms with Gasteiger partial charge in [0.05, 0.1) is 6.61 Å². The number of rotatable bonds is 4. The third kappa shape index (κ3) is 1.87. The van der Waals surface area contributed by atoms with Crippen molar-refractivity contribution in [3.8, 4) is 0 Å². The molecule has 1 heteroatoms.